The summed E-state index contributed by atoms with van der Waals surface area (Å²) in [6.07, 6.45) is 8.02. The second-order valence-corrected chi connectivity index (χ2v) is 5.15. The third-order valence-corrected chi connectivity index (χ3v) is 3.76. The van der Waals surface area contributed by atoms with Gasteiger partial charge in [0.2, 0.25) is 0 Å². The SMILES string of the molecule is CC1(NCC2CCCCC2N)CC1. The number of nitrogens with one attached hydrogen (secondary N) is 1. The number of nitrogens with two attached hydrogens (primary N) is 1. The molecule has 2 atom stereocenters. The molecule has 0 heterocycles. The summed E-state index contributed by atoms with van der Waals surface area (Å²) in [5, 5.41) is 3.65. The van der Waals surface area contributed by atoms with Crippen LogP contribution in [0.3, 0.4) is 0 Å². The molecule has 76 valence electrons. The lowest BCUT2D eigenvalue weighted by molar-refractivity contribution is 0.285. The van der Waals surface area contributed by atoms with Crippen LogP contribution in [-0.4, -0.2) is 18.1 Å². The van der Waals surface area contributed by atoms with Crippen LogP contribution < -0.4 is 11.1 Å². The van der Waals surface area contributed by atoms with E-state index in [4.69, 9.17) is 5.73 Å². The van der Waals surface area contributed by atoms with Crippen LogP contribution in [0.4, 0.5) is 0 Å². The van der Waals surface area contributed by atoms with Crippen molar-refractivity contribution in [2.24, 2.45) is 11.7 Å². The van der Waals surface area contributed by atoms with Gasteiger partial charge >= 0.3 is 0 Å². The Hall–Kier alpha value is -0.0800. The van der Waals surface area contributed by atoms with Crippen LogP contribution in [-0.2, 0) is 0 Å². The molecule has 0 aromatic rings. The fourth-order valence-electron chi connectivity index (χ4n) is 2.23. The molecule has 0 bridgehead atoms. The Bertz CT molecular complexity index is 175. The molecular weight excluding hydrogens is 160 g/mol. The minimum absolute atomic E-state index is 0.462. The molecule has 0 aliphatic heterocycles. The summed E-state index contributed by atoms with van der Waals surface area (Å²) in [5.41, 5.74) is 6.57. The Morgan fingerprint density at radius 2 is 2.00 bits per heavy atom. The highest BCUT2D eigenvalue weighted by atomic mass is 15.0. The first-order chi connectivity index (χ1) is 6.20. The topological polar surface area (TPSA) is 38.0 Å². The molecule has 2 saturated carbocycles. The van der Waals surface area contributed by atoms with Gasteiger partial charge in [0.25, 0.3) is 0 Å². The molecule has 0 amide bonds. The van der Waals surface area contributed by atoms with Gasteiger partial charge in [0.05, 0.1) is 0 Å². The highest BCUT2D eigenvalue weighted by Crippen LogP contribution is 2.35. The van der Waals surface area contributed by atoms with Crippen molar-refractivity contribution >= 4 is 0 Å². The van der Waals surface area contributed by atoms with Crippen molar-refractivity contribution in [3.8, 4) is 0 Å². The largest absolute Gasteiger partial charge is 0.327 e. The van der Waals surface area contributed by atoms with Crippen LogP contribution >= 0.6 is 0 Å². The predicted octanol–water partition coefficient (Wildman–Crippen LogP) is 1.65. The Labute approximate surface area is 81.3 Å². The summed E-state index contributed by atoms with van der Waals surface area (Å²) >= 11 is 0. The molecule has 0 saturated heterocycles. The van der Waals surface area contributed by atoms with Crippen LogP contribution in [0.15, 0.2) is 0 Å². The van der Waals surface area contributed by atoms with E-state index in [2.05, 4.69) is 12.2 Å². The monoisotopic (exact) mass is 182 g/mol. The Kier molecular flexibility index (Phi) is 2.61. The van der Waals surface area contributed by atoms with Crippen LogP contribution in [0, 0.1) is 5.92 Å². The van der Waals surface area contributed by atoms with Gasteiger partial charge in [0.1, 0.15) is 0 Å². The lowest BCUT2D eigenvalue weighted by Gasteiger charge is -2.29. The zero-order valence-corrected chi connectivity index (χ0v) is 8.68. The molecule has 0 aromatic carbocycles. The van der Waals surface area contributed by atoms with E-state index in [0.717, 1.165) is 12.5 Å². The molecular formula is C11H22N2. The van der Waals surface area contributed by atoms with Gasteiger partial charge < -0.3 is 11.1 Å². The average Bonchev–Trinajstić information content (AvgIpc) is 2.83. The highest BCUT2D eigenvalue weighted by Gasteiger charge is 2.37. The first kappa shape index (κ1) is 9.47. The second kappa shape index (κ2) is 3.58. The zero-order valence-electron chi connectivity index (χ0n) is 8.68. The molecule has 2 aliphatic carbocycles. The molecule has 0 radical (unpaired) electrons. The quantitative estimate of drug-likeness (QED) is 0.696. The normalized spacial score (nSPS) is 37.4. The van der Waals surface area contributed by atoms with E-state index in [1.165, 1.54) is 38.5 Å². The zero-order chi connectivity index (χ0) is 9.31. The molecule has 2 heteroatoms. The fourth-order valence-corrected chi connectivity index (χ4v) is 2.23. The van der Waals surface area contributed by atoms with Crippen molar-refractivity contribution in [2.45, 2.75) is 57.0 Å². The highest BCUT2D eigenvalue weighted by molar-refractivity contribution is 4.98. The molecule has 3 N–H and O–H groups in total. The molecule has 0 aromatic heterocycles. The van der Waals surface area contributed by atoms with Crippen LogP contribution in [0.5, 0.6) is 0 Å². The fraction of sp³-hybridized carbons (Fsp3) is 1.00. The Morgan fingerprint density at radius 3 is 2.62 bits per heavy atom. The van der Waals surface area contributed by atoms with Gasteiger partial charge in [-0.05, 0) is 45.1 Å². The van der Waals surface area contributed by atoms with E-state index >= 15 is 0 Å². The van der Waals surface area contributed by atoms with Gasteiger partial charge in [-0.3, -0.25) is 0 Å². The lowest BCUT2D eigenvalue weighted by Crippen LogP contribution is -2.42. The molecule has 2 aliphatic rings. The van der Waals surface area contributed by atoms with E-state index in [0.29, 0.717) is 11.6 Å². The molecule has 2 rings (SSSR count). The maximum atomic E-state index is 6.09. The first-order valence-corrected chi connectivity index (χ1v) is 5.70. The maximum absolute atomic E-state index is 6.09. The predicted molar refractivity (Wildman–Crippen MR) is 55.6 cm³/mol. The summed E-state index contributed by atoms with van der Waals surface area (Å²) in [5.74, 6) is 0.742. The first-order valence-electron chi connectivity index (χ1n) is 5.70. The molecule has 2 unspecified atom stereocenters. The Balaban J connectivity index is 1.73. The maximum Gasteiger partial charge on any atom is 0.0154 e. The van der Waals surface area contributed by atoms with Crippen molar-refractivity contribution in [1.82, 2.24) is 5.32 Å². The van der Waals surface area contributed by atoms with Gasteiger partial charge in [-0.25, -0.2) is 0 Å². The average molecular weight is 182 g/mol. The van der Waals surface area contributed by atoms with E-state index in [1.54, 1.807) is 0 Å². The second-order valence-electron chi connectivity index (χ2n) is 5.15. The van der Waals surface area contributed by atoms with Crippen molar-refractivity contribution < 1.29 is 0 Å². The summed E-state index contributed by atoms with van der Waals surface area (Å²) in [4.78, 5) is 0. The molecule has 13 heavy (non-hydrogen) atoms. The summed E-state index contributed by atoms with van der Waals surface area (Å²) in [6.45, 7) is 3.47. The van der Waals surface area contributed by atoms with Crippen LogP contribution in [0.2, 0.25) is 0 Å². The number of rotatable bonds is 3. The smallest absolute Gasteiger partial charge is 0.0154 e. The minimum atomic E-state index is 0.462. The van der Waals surface area contributed by atoms with Crippen LogP contribution in [0.1, 0.15) is 45.4 Å². The van der Waals surface area contributed by atoms with Crippen molar-refractivity contribution in [2.75, 3.05) is 6.54 Å². The van der Waals surface area contributed by atoms with Gasteiger partial charge in [-0.1, -0.05) is 12.8 Å². The van der Waals surface area contributed by atoms with Gasteiger partial charge in [0.15, 0.2) is 0 Å². The summed E-state index contributed by atoms with van der Waals surface area (Å²) in [7, 11) is 0. The van der Waals surface area contributed by atoms with Crippen molar-refractivity contribution in [1.29, 1.82) is 0 Å². The molecule has 2 nitrogen and oxygen atoms in total. The van der Waals surface area contributed by atoms with E-state index < -0.39 is 0 Å². The van der Waals surface area contributed by atoms with Gasteiger partial charge in [-0.2, -0.15) is 0 Å². The van der Waals surface area contributed by atoms with Crippen molar-refractivity contribution in [3.05, 3.63) is 0 Å². The summed E-state index contributed by atoms with van der Waals surface area (Å²) in [6, 6.07) is 0.462. The van der Waals surface area contributed by atoms with E-state index in [-0.39, 0.29) is 0 Å². The lowest BCUT2D eigenvalue weighted by atomic mass is 9.85. The minimum Gasteiger partial charge on any atom is -0.327 e. The third kappa shape index (κ3) is 2.44. The van der Waals surface area contributed by atoms with E-state index in [9.17, 15) is 0 Å². The molecule has 0 spiro atoms. The number of hydrogen-bond donors (Lipinski definition) is 2. The van der Waals surface area contributed by atoms with Gasteiger partial charge in [0, 0.05) is 11.6 Å². The van der Waals surface area contributed by atoms with Crippen LogP contribution in [0.25, 0.3) is 0 Å². The number of hydrogen-bond acceptors (Lipinski definition) is 2. The summed E-state index contributed by atoms with van der Waals surface area (Å²) < 4.78 is 0. The van der Waals surface area contributed by atoms with Crippen molar-refractivity contribution in [3.63, 3.8) is 0 Å². The third-order valence-electron chi connectivity index (χ3n) is 3.76. The van der Waals surface area contributed by atoms with E-state index in [1.807, 2.05) is 0 Å². The Morgan fingerprint density at radius 1 is 1.31 bits per heavy atom. The standard InChI is InChI=1S/C11H22N2/c1-11(6-7-11)13-8-9-4-2-3-5-10(9)12/h9-10,13H,2-8,12H2,1H3. The van der Waals surface area contributed by atoms with Gasteiger partial charge in [-0.15, -0.1) is 0 Å². The molecule has 2 fully saturated rings.